The highest BCUT2D eigenvalue weighted by atomic mass is 16.6. The molecule has 4 atom stereocenters. The molecule has 0 radical (unpaired) electrons. The van der Waals surface area contributed by atoms with Gasteiger partial charge in [-0.15, -0.1) is 0 Å². The first kappa shape index (κ1) is 21.7. The van der Waals surface area contributed by atoms with E-state index >= 15 is 0 Å². The Labute approximate surface area is 184 Å². The number of aliphatic hydroxyl groups is 1. The van der Waals surface area contributed by atoms with Crippen LogP contribution in [0.25, 0.3) is 0 Å². The summed E-state index contributed by atoms with van der Waals surface area (Å²) in [6.07, 6.45) is 0.101. The molecule has 0 aromatic heterocycles. The van der Waals surface area contributed by atoms with Crippen LogP contribution in [-0.2, 0) is 34.0 Å². The van der Waals surface area contributed by atoms with Gasteiger partial charge in [-0.1, -0.05) is 91.0 Å². The number of ether oxygens (including phenoxy) is 3. The van der Waals surface area contributed by atoms with E-state index in [1.807, 2.05) is 66.7 Å². The maximum absolute atomic E-state index is 10.0. The first-order valence-electron chi connectivity index (χ1n) is 10.9. The summed E-state index contributed by atoms with van der Waals surface area (Å²) in [5, 5.41) is 10.0. The van der Waals surface area contributed by atoms with Gasteiger partial charge in [-0.3, -0.25) is 0 Å². The van der Waals surface area contributed by atoms with Crippen molar-refractivity contribution in [2.24, 2.45) is 5.92 Å². The van der Waals surface area contributed by atoms with Gasteiger partial charge in [0.2, 0.25) is 0 Å². The van der Waals surface area contributed by atoms with Gasteiger partial charge >= 0.3 is 0 Å². The maximum Gasteiger partial charge on any atom is 0.111 e. The number of aliphatic hydroxyl groups excluding tert-OH is 1. The Morgan fingerprint density at radius 1 is 0.581 bits per heavy atom. The van der Waals surface area contributed by atoms with Gasteiger partial charge < -0.3 is 19.3 Å². The van der Waals surface area contributed by atoms with Crippen LogP contribution < -0.4 is 0 Å². The number of rotatable bonds is 10. The molecule has 0 aliphatic heterocycles. The number of hydrogen-bond donors (Lipinski definition) is 1. The molecule has 0 spiro atoms. The second kappa shape index (κ2) is 11.2. The standard InChI is InChI=1S/C27H30O4/c28-17-24-16-25(29-18-21-10-4-1-5-11-21)27(31-20-23-14-8-3-9-15-23)26(24)30-19-22-12-6-2-7-13-22/h1-15,24-28H,16-20H2/t24-,25-,26-,27+/m1/s1. The molecule has 4 nitrogen and oxygen atoms in total. The molecule has 1 fully saturated rings. The average Bonchev–Trinajstić information content (AvgIpc) is 3.18. The maximum atomic E-state index is 10.0. The van der Waals surface area contributed by atoms with E-state index in [4.69, 9.17) is 14.2 Å². The van der Waals surface area contributed by atoms with E-state index in [1.165, 1.54) is 0 Å². The van der Waals surface area contributed by atoms with Crippen LogP contribution in [0.4, 0.5) is 0 Å². The lowest BCUT2D eigenvalue weighted by molar-refractivity contribution is -0.128. The van der Waals surface area contributed by atoms with Crippen LogP contribution in [0.5, 0.6) is 0 Å². The monoisotopic (exact) mass is 418 g/mol. The van der Waals surface area contributed by atoms with Crippen molar-refractivity contribution in [3.8, 4) is 0 Å². The first-order chi connectivity index (χ1) is 15.3. The largest absolute Gasteiger partial charge is 0.396 e. The third-order valence-electron chi connectivity index (χ3n) is 5.80. The predicted molar refractivity (Wildman–Crippen MR) is 120 cm³/mol. The molecule has 1 aliphatic rings. The highest BCUT2D eigenvalue weighted by Crippen LogP contribution is 2.35. The zero-order valence-electron chi connectivity index (χ0n) is 17.7. The molecule has 4 heteroatoms. The minimum Gasteiger partial charge on any atom is -0.396 e. The van der Waals surface area contributed by atoms with Crippen LogP contribution in [0.2, 0.25) is 0 Å². The normalized spacial score (nSPS) is 23.1. The van der Waals surface area contributed by atoms with E-state index in [-0.39, 0.29) is 30.8 Å². The van der Waals surface area contributed by atoms with Gasteiger partial charge in [-0.25, -0.2) is 0 Å². The molecule has 0 saturated heterocycles. The molecular weight excluding hydrogens is 388 g/mol. The van der Waals surface area contributed by atoms with Gasteiger partial charge in [0.05, 0.1) is 32.0 Å². The van der Waals surface area contributed by atoms with Gasteiger partial charge in [0.25, 0.3) is 0 Å². The Balaban J connectivity index is 1.46. The Morgan fingerprint density at radius 2 is 1.00 bits per heavy atom. The molecule has 0 unspecified atom stereocenters. The average molecular weight is 419 g/mol. The minimum absolute atomic E-state index is 0.0229. The summed E-state index contributed by atoms with van der Waals surface area (Å²) in [6.45, 7) is 1.54. The SMILES string of the molecule is OC[C@H]1C[C@@H](OCc2ccccc2)[C@H](OCc2ccccc2)[C@@H]1OCc1ccccc1. The molecule has 31 heavy (non-hydrogen) atoms. The first-order valence-corrected chi connectivity index (χ1v) is 10.9. The van der Waals surface area contributed by atoms with E-state index in [9.17, 15) is 5.11 Å². The van der Waals surface area contributed by atoms with Gasteiger partial charge in [0, 0.05) is 12.5 Å². The van der Waals surface area contributed by atoms with E-state index in [1.54, 1.807) is 0 Å². The van der Waals surface area contributed by atoms with Crippen molar-refractivity contribution >= 4 is 0 Å². The lowest BCUT2D eigenvalue weighted by atomic mass is 10.1. The molecular formula is C27H30O4. The minimum atomic E-state index is -0.246. The summed E-state index contributed by atoms with van der Waals surface area (Å²) in [7, 11) is 0. The topological polar surface area (TPSA) is 47.9 Å². The smallest absolute Gasteiger partial charge is 0.111 e. The lowest BCUT2D eigenvalue weighted by Gasteiger charge is -2.27. The van der Waals surface area contributed by atoms with Crippen molar-refractivity contribution in [2.75, 3.05) is 6.61 Å². The molecule has 3 aromatic carbocycles. The highest BCUT2D eigenvalue weighted by molar-refractivity contribution is 5.15. The molecule has 0 heterocycles. The van der Waals surface area contributed by atoms with Gasteiger partial charge in [-0.2, -0.15) is 0 Å². The second-order valence-corrected chi connectivity index (χ2v) is 8.04. The second-order valence-electron chi connectivity index (χ2n) is 8.04. The molecule has 1 saturated carbocycles. The summed E-state index contributed by atoms with van der Waals surface area (Å²) in [6, 6.07) is 30.4. The van der Waals surface area contributed by atoms with Crippen LogP contribution in [0.1, 0.15) is 23.1 Å². The summed E-state index contributed by atoms with van der Waals surface area (Å²) in [5.41, 5.74) is 3.34. The van der Waals surface area contributed by atoms with Gasteiger partial charge in [0.15, 0.2) is 0 Å². The third-order valence-corrected chi connectivity index (χ3v) is 5.80. The van der Waals surface area contributed by atoms with E-state index in [2.05, 4.69) is 24.3 Å². The lowest BCUT2D eigenvalue weighted by Crippen LogP contribution is -2.37. The fourth-order valence-electron chi connectivity index (χ4n) is 4.13. The highest BCUT2D eigenvalue weighted by Gasteiger charge is 2.45. The van der Waals surface area contributed by atoms with Crippen molar-refractivity contribution in [1.29, 1.82) is 0 Å². The van der Waals surface area contributed by atoms with E-state index in [0.717, 1.165) is 16.7 Å². The van der Waals surface area contributed by atoms with Crippen LogP contribution in [0.15, 0.2) is 91.0 Å². The molecule has 1 N–H and O–H groups in total. The number of benzene rings is 3. The quantitative estimate of drug-likeness (QED) is 0.516. The Kier molecular flexibility index (Phi) is 7.86. The summed E-state index contributed by atoms with van der Waals surface area (Å²) in [5.74, 6) is -0.0229. The predicted octanol–water partition coefficient (Wildman–Crippen LogP) is 4.75. The molecule has 0 amide bonds. The van der Waals surface area contributed by atoms with Crippen LogP contribution in [0, 0.1) is 5.92 Å². The molecule has 0 bridgehead atoms. The molecule has 162 valence electrons. The molecule has 4 rings (SSSR count). The van der Waals surface area contributed by atoms with Gasteiger partial charge in [-0.05, 0) is 23.1 Å². The summed E-state index contributed by atoms with van der Waals surface area (Å²) >= 11 is 0. The summed E-state index contributed by atoms with van der Waals surface area (Å²) in [4.78, 5) is 0. The van der Waals surface area contributed by atoms with Crippen molar-refractivity contribution in [2.45, 2.75) is 44.6 Å². The molecule has 1 aliphatic carbocycles. The zero-order valence-corrected chi connectivity index (χ0v) is 17.7. The van der Waals surface area contributed by atoms with Gasteiger partial charge in [0.1, 0.15) is 6.10 Å². The third kappa shape index (κ3) is 6.02. The van der Waals surface area contributed by atoms with Crippen molar-refractivity contribution < 1.29 is 19.3 Å². The Morgan fingerprint density at radius 3 is 1.45 bits per heavy atom. The zero-order chi connectivity index (χ0) is 21.3. The Bertz CT molecular complexity index is 885. The van der Waals surface area contributed by atoms with Crippen molar-refractivity contribution in [3.05, 3.63) is 108 Å². The fourth-order valence-corrected chi connectivity index (χ4v) is 4.13. The van der Waals surface area contributed by atoms with E-state index < -0.39 is 0 Å². The van der Waals surface area contributed by atoms with Crippen LogP contribution in [-0.4, -0.2) is 30.0 Å². The number of hydrogen-bond acceptors (Lipinski definition) is 4. The fraction of sp³-hybridized carbons (Fsp3) is 0.333. The van der Waals surface area contributed by atoms with Crippen LogP contribution in [0.3, 0.4) is 0 Å². The Hall–Kier alpha value is -2.50. The summed E-state index contributed by atoms with van der Waals surface area (Å²) < 4.78 is 19.0. The van der Waals surface area contributed by atoms with Crippen molar-refractivity contribution in [1.82, 2.24) is 0 Å². The van der Waals surface area contributed by atoms with Crippen molar-refractivity contribution in [3.63, 3.8) is 0 Å². The van der Waals surface area contributed by atoms with E-state index in [0.29, 0.717) is 26.2 Å². The molecule has 3 aromatic rings. The van der Waals surface area contributed by atoms with Crippen LogP contribution >= 0.6 is 0 Å².